The molecule has 3 nitrogen and oxygen atoms in total. The first-order chi connectivity index (χ1) is 32.2. The van der Waals surface area contributed by atoms with Gasteiger partial charge in [-0.3, -0.25) is 0 Å². The van der Waals surface area contributed by atoms with Crippen molar-refractivity contribution in [1.82, 2.24) is 15.0 Å². The second-order valence-corrected chi connectivity index (χ2v) is 17.4. The number of hydrogen-bond acceptors (Lipinski definition) is 4. The first kappa shape index (κ1) is 38.4. The van der Waals surface area contributed by atoms with Crippen molar-refractivity contribution in [2.24, 2.45) is 0 Å². The highest BCUT2D eigenvalue weighted by molar-refractivity contribution is 7.25. The Balaban J connectivity index is 0.918. The molecule has 12 rings (SSSR count). The molecule has 0 aliphatic heterocycles. The van der Waals surface area contributed by atoms with Crippen LogP contribution in [0.3, 0.4) is 0 Å². The average Bonchev–Trinajstić information content (AvgIpc) is 3.77. The second kappa shape index (κ2) is 16.4. The molecule has 0 aliphatic rings. The van der Waals surface area contributed by atoms with Crippen molar-refractivity contribution < 1.29 is 0 Å². The number of hydrogen-bond donors (Lipinski definition) is 0. The van der Waals surface area contributed by atoms with Crippen molar-refractivity contribution in [3.63, 3.8) is 0 Å². The molecule has 0 unspecified atom stereocenters. The maximum atomic E-state index is 5.20. The summed E-state index contributed by atoms with van der Waals surface area (Å²) in [5.74, 6) is 1.88. The van der Waals surface area contributed by atoms with Crippen molar-refractivity contribution in [1.29, 1.82) is 0 Å². The fourth-order valence-electron chi connectivity index (χ4n) is 9.14. The Morgan fingerprint density at radius 1 is 0.215 bits per heavy atom. The Hall–Kier alpha value is -8.31. The lowest BCUT2D eigenvalue weighted by Gasteiger charge is -2.14. The molecule has 65 heavy (non-hydrogen) atoms. The molecule has 304 valence electrons. The normalized spacial score (nSPS) is 11.4. The number of benzene rings is 10. The monoisotopic (exact) mass is 845 g/mol. The molecule has 0 N–H and O–H groups in total. The van der Waals surface area contributed by atoms with Crippen LogP contribution in [0.15, 0.2) is 237 Å². The van der Waals surface area contributed by atoms with E-state index in [0.29, 0.717) is 17.5 Å². The molecule has 0 spiro atoms. The van der Waals surface area contributed by atoms with Crippen LogP contribution in [0, 0.1) is 0 Å². The van der Waals surface area contributed by atoms with Gasteiger partial charge >= 0.3 is 0 Å². The third-order valence-corrected chi connectivity index (χ3v) is 13.5. The van der Waals surface area contributed by atoms with Crippen LogP contribution in [0.4, 0.5) is 0 Å². The smallest absolute Gasteiger partial charge is 0.164 e. The molecule has 12 aromatic rings. The average molecular weight is 846 g/mol. The lowest BCUT2D eigenvalue weighted by atomic mass is 9.90. The standard InChI is InChI=1S/C61H39N3S/c1-3-15-40(16-4-1)44-19-14-22-48(38-44)60-62-59(63-61(64-60)56-27-10-7-23-49(56)41-17-5-2-6-18-41)43-31-29-42(30-32-43)50-35-36-51(53-25-9-8-24-52(50)53)47-21-13-20-45(37-47)46-33-34-55-54-26-11-12-28-57(54)65-58(55)39-46/h1-39H. The fourth-order valence-corrected chi connectivity index (χ4v) is 10.3. The summed E-state index contributed by atoms with van der Waals surface area (Å²) in [6, 6.07) is 84.2. The molecular weight excluding hydrogens is 807 g/mol. The Kier molecular flexibility index (Phi) is 9.70. The van der Waals surface area contributed by atoms with Gasteiger partial charge in [-0.15, -0.1) is 11.3 Å². The van der Waals surface area contributed by atoms with Gasteiger partial charge in [-0.2, -0.15) is 0 Å². The van der Waals surface area contributed by atoms with Crippen molar-refractivity contribution in [2.75, 3.05) is 0 Å². The molecule has 2 aromatic heterocycles. The van der Waals surface area contributed by atoms with E-state index < -0.39 is 0 Å². The van der Waals surface area contributed by atoms with Crippen molar-refractivity contribution in [3.05, 3.63) is 237 Å². The Morgan fingerprint density at radius 3 is 1.40 bits per heavy atom. The predicted molar refractivity (Wildman–Crippen MR) is 274 cm³/mol. The molecule has 0 radical (unpaired) electrons. The molecule has 10 aromatic carbocycles. The van der Waals surface area contributed by atoms with Gasteiger partial charge in [-0.25, -0.2) is 15.0 Å². The SMILES string of the molecule is c1ccc(-c2cccc(-c3nc(-c4ccc(-c5ccc(-c6cccc(-c7ccc8c(c7)sc7ccccc78)c6)c6ccccc56)cc4)nc(-c4ccccc4-c4ccccc4)n3)c2)cc1. The highest BCUT2D eigenvalue weighted by Crippen LogP contribution is 2.40. The van der Waals surface area contributed by atoms with E-state index in [1.807, 2.05) is 23.5 Å². The summed E-state index contributed by atoms with van der Waals surface area (Å²) in [5.41, 5.74) is 14.4. The third-order valence-electron chi connectivity index (χ3n) is 12.4. The summed E-state index contributed by atoms with van der Waals surface area (Å²) in [4.78, 5) is 15.5. The van der Waals surface area contributed by atoms with Gasteiger partial charge in [-0.1, -0.05) is 212 Å². The van der Waals surface area contributed by atoms with Crippen LogP contribution >= 0.6 is 11.3 Å². The zero-order valence-corrected chi connectivity index (χ0v) is 36.1. The van der Waals surface area contributed by atoms with E-state index in [-0.39, 0.29) is 0 Å². The van der Waals surface area contributed by atoms with Crippen LogP contribution in [0.1, 0.15) is 0 Å². The van der Waals surface area contributed by atoms with Crippen LogP contribution in [-0.2, 0) is 0 Å². The molecule has 0 fully saturated rings. The molecule has 0 aliphatic carbocycles. The highest BCUT2D eigenvalue weighted by Gasteiger charge is 2.17. The van der Waals surface area contributed by atoms with Gasteiger partial charge in [0.1, 0.15) is 0 Å². The maximum absolute atomic E-state index is 5.20. The van der Waals surface area contributed by atoms with E-state index in [9.17, 15) is 0 Å². The Morgan fingerprint density at radius 2 is 0.662 bits per heavy atom. The van der Waals surface area contributed by atoms with Crippen molar-refractivity contribution >= 4 is 42.3 Å². The van der Waals surface area contributed by atoms with E-state index in [4.69, 9.17) is 15.0 Å². The van der Waals surface area contributed by atoms with Crippen LogP contribution < -0.4 is 0 Å². The van der Waals surface area contributed by atoms with Gasteiger partial charge in [0.05, 0.1) is 0 Å². The summed E-state index contributed by atoms with van der Waals surface area (Å²) in [5, 5.41) is 5.06. The molecule has 2 heterocycles. The quantitative estimate of drug-likeness (QED) is 0.153. The number of nitrogens with zero attached hydrogens (tertiary/aromatic N) is 3. The molecule has 0 bridgehead atoms. The highest BCUT2D eigenvalue weighted by atomic mass is 32.1. The van der Waals surface area contributed by atoms with Crippen LogP contribution in [0.25, 0.3) is 121 Å². The van der Waals surface area contributed by atoms with Crippen molar-refractivity contribution in [3.8, 4) is 89.8 Å². The van der Waals surface area contributed by atoms with Crippen LogP contribution in [0.2, 0.25) is 0 Å². The van der Waals surface area contributed by atoms with E-state index in [1.165, 1.54) is 58.8 Å². The van der Waals surface area contributed by atoms with Crippen LogP contribution in [0.5, 0.6) is 0 Å². The number of aromatic nitrogens is 3. The van der Waals surface area contributed by atoms with Gasteiger partial charge in [0.15, 0.2) is 17.5 Å². The van der Waals surface area contributed by atoms with E-state index in [0.717, 1.165) is 44.5 Å². The minimum atomic E-state index is 0.621. The maximum Gasteiger partial charge on any atom is 0.164 e. The zero-order chi connectivity index (χ0) is 43.1. The molecule has 0 saturated carbocycles. The summed E-state index contributed by atoms with van der Waals surface area (Å²) < 4.78 is 2.64. The van der Waals surface area contributed by atoms with E-state index in [1.54, 1.807) is 0 Å². The van der Waals surface area contributed by atoms with Gasteiger partial charge in [0.25, 0.3) is 0 Å². The Labute approximate surface area is 381 Å². The third kappa shape index (κ3) is 7.26. The zero-order valence-electron chi connectivity index (χ0n) is 35.3. The molecular formula is C61H39N3S. The number of fused-ring (bicyclic) bond motifs is 4. The lowest BCUT2D eigenvalue weighted by molar-refractivity contribution is 1.07. The fraction of sp³-hybridized carbons (Fsp3) is 0. The van der Waals surface area contributed by atoms with Crippen molar-refractivity contribution in [2.45, 2.75) is 0 Å². The first-order valence-electron chi connectivity index (χ1n) is 21.9. The molecule has 4 heteroatoms. The molecule has 0 amide bonds. The Bertz CT molecular complexity index is 3710. The van der Waals surface area contributed by atoms with E-state index >= 15 is 0 Å². The topological polar surface area (TPSA) is 38.7 Å². The van der Waals surface area contributed by atoms with Crippen LogP contribution in [-0.4, -0.2) is 15.0 Å². The first-order valence-corrected chi connectivity index (χ1v) is 22.7. The summed E-state index contributed by atoms with van der Waals surface area (Å²) in [6.07, 6.45) is 0. The predicted octanol–water partition coefficient (Wildman–Crippen LogP) is 16.7. The van der Waals surface area contributed by atoms with E-state index in [2.05, 4.69) is 224 Å². The van der Waals surface area contributed by atoms with Gasteiger partial charge in [0.2, 0.25) is 0 Å². The summed E-state index contributed by atoms with van der Waals surface area (Å²) >= 11 is 1.86. The lowest BCUT2D eigenvalue weighted by Crippen LogP contribution is -2.01. The number of rotatable bonds is 8. The number of thiophene rings is 1. The second-order valence-electron chi connectivity index (χ2n) is 16.3. The summed E-state index contributed by atoms with van der Waals surface area (Å²) in [6.45, 7) is 0. The van der Waals surface area contributed by atoms with Gasteiger partial charge in [0, 0.05) is 36.9 Å². The van der Waals surface area contributed by atoms with Gasteiger partial charge < -0.3 is 0 Å². The summed E-state index contributed by atoms with van der Waals surface area (Å²) in [7, 11) is 0. The van der Waals surface area contributed by atoms with Gasteiger partial charge in [-0.05, 0) is 90.7 Å². The molecule has 0 saturated heterocycles. The largest absolute Gasteiger partial charge is 0.208 e. The molecule has 0 atom stereocenters. The minimum absolute atomic E-state index is 0.621. The minimum Gasteiger partial charge on any atom is -0.208 e.